The van der Waals surface area contributed by atoms with Gasteiger partial charge in [-0.15, -0.1) is 0 Å². The fourth-order valence-electron chi connectivity index (χ4n) is 6.24. The monoisotopic (exact) mass is 716 g/mol. The molecule has 0 aliphatic heterocycles. The third-order valence-electron chi connectivity index (χ3n) is 8.97. The van der Waals surface area contributed by atoms with E-state index in [1.165, 1.54) is 24.3 Å². The number of halogens is 2. The Morgan fingerprint density at radius 2 is 0.778 bits per heavy atom. The fourth-order valence-corrected chi connectivity index (χ4v) is 6.24. The van der Waals surface area contributed by atoms with E-state index in [0.717, 1.165) is 57.4 Å². The van der Waals surface area contributed by atoms with Crippen molar-refractivity contribution < 1.29 is 27.8 Å². The number of aryl methyl sites for hydroxylation is 2. The molecule has 7 aromatic rings. The number of carbonyl (C=O) groups excluding carboxylic acids is 2. The molecule has 0 atom stereocenters. The number of esters is 2. The topological polar surface area (TPSA) is 59.1 Å². The lowest BCUT2D eigenvalue weighted by Gasteiger charge is -2.29. The molecule has 0 fully saturated rings. The van der Waals surface area contributed by atoms with Crippen molar-refractivity contribution in [2.45, 2.75) is 13.8 Å². The maximum Gasteiger partial charge on any atom is 0.335 e. The van der Waals surface area contributed by atoms with E-state index in [4.69, 9.17) is 9.47 Å². The molecule has 7 rings (SSSR count). The molecular weight excluding hydrogens is 683 g/mol. The lowest BCUT2D eigenvalue weighted by molar-refractivity contribution is -0.130. The summed E-state index contributed by atoms with van der Waals surface area (Å²) in [5.74, 6) is -3.14. The van der Waals surface area contributed by atoms with Crippen molar-refractivity contribution in [3.63, 3.8) is 0 Å². The Balaban J connectivity index is 1.30. The zero-order valence-corrected chi connectivity index (χ0v) is 29.6. The molecule has 266 valence electrons. The molecule has 0 heterocycles. The second-order valence-electron chi connectivity index (χ2n) is 12.7. The highest BCUT2D eigenvalue weighted by atomic mass is 19.1. The van der Waals surface area contributed by atoms with Crippen molar-refractivity contribution in [2.75, 3.05) is 9.80 Å². The van der Waals surface area contributed by atoms with E-state index < -0.39 is 23.6 Å². The normalized spacial score (nSPS) is 10.9. The molecule has 6 nitrogen and oxygen atoms in total. The van der Waals surface area contributed by atoms with E-state index in [1.807, 2.05) is 123 Å². The lowest BCUT2D eigenvalue weighted by atomic mass is 10.1. The number of nitrogens with zero attached hydrogens (tertiary/aromatic N) is 2. The van der Waals surface area contributed by atoms with Crippen LogP contribution in [0.5, 0.6) is 11.5 Å². The lowest BCUT2D eigenvalue weighted by Crippen LogP contribution is -2.12. The van der Waals surface area contributed by atoms with Gasteiger partial charge in [-0.1, -0.05) is 60.7 Å². The number of rotatable bonds is 10. The van der Waals surface area contributed by atoms with Gasteiger partial charge in [-0.2, -0.15) is 0 Å². The molecule has 54 heavy (non-hydrogen) atoms. The minimum absolute atomic E-state index is 0.167. The number of benzene rings is 7. The van der Waals surface area contributed by atoms with Gasteiger partial charge in [0.2, 0.25) is 0 Å². The summed E-state index contributed by atoms with van der Waals surface area (Å²) in [6.07, 6.45) is 1.98. The van der Waals surface area contributed by atoms with E-state index in [1.54, 1.807) is 0 Å². The Hall–Kier alpha value is -7.06. The number of fused-ring (bicyclic) bond motifs is 2. The van der Waals surface area contributed by atoms with Gasteiger partial charge in [-0.25, -0.2) is 18.4 Å². The van der Waals surface area contributed by atoms with Crippen LogP contribution in [-0.2, 0) is 9.59 Å². The average Bonchev–Trinajstić information content (AvgIpc) is 3.17. The molecule has 0 saturated carbocycles. The fraction of sp³-hybridized carbons (Fsp3) is 0.0435. The van der Waals surface area contributed by atoms with Gasteiger partial charge in [0.25, 0.3) is 0 Å². The van der Waals surface area contributed by atoms with Crippen LogP contribution in [0.3, 0.4) is 0 Å². The van der Waals surface area contributed by atoms with Crippen LogP contribution in [0.2, 0.25) is 0 Å². The third kappa shape index (κ3) is 7.31. The summed E-state index contributed by atoms with van der Waals surface area (Å²) in [6, 6.07) is 41.4. The Kier molecular flexibility index (Phi) is 9.75. The van der Waals surface area contributed by atoms with Crippen LogP contribution >= 0.6 is 0 Å². The molecule has 0 unspecified atom stereocenters. The molecule has 0 spiro atoms. The van der Waals surface area contributed by atoms with Crippen molar-refractivity contribution in [3.05, 3.63) is 182 Å². The summed E-state index contributed by atoms with van der Waals surface area (Å²) in [5, 5.41) is 2.65. The number of hydrogen-bond donors (Lipinski definition) is 0. The van der Waals surface area contributed by atoms with E-state index >= 15 is 8.78 Å². The van der Waals surface area contributed by atoms with Crippen molar-refractivity contribution in [2.24, 2.45) is 0 Å². The molecule has 0 aliphatic rings. The summed E-state index contributed by atoms with van der Waals surface area (Å²) >= 11 is 0. The molecule has 0 bridgehead atoms. The summed E-state index contributed by atoms with van der Waals surface area (Å²) in [5.41, 5.74) is 7.29. The molecule has 0 N–H and O–H groups in total. The minimum Gasteiger partial charge on any atom is -0.420 e. The predicted octanol–water partition coefficient (Wildman–Crippen LogP) is 12.0. The SMILES string of the molecule is C=CC(=O)Oc1cc2ccc(N(c3ccc(C)cc3)c3ccc(N(c4ccc(C)cc4)c4ccc5cc(OC(=O)C=C)c(F)cc5c4)cc3)cc2cc1F. The van der Waals surface area contributed by atoms with E-state index in [9.17, 15) is 9.59 Å². The van der Waals surface area contributed by atoms with Crippen molar-refractivity contribution in [1.29, 1.82) is 0 Å². The van der Waals surface area contributed by atoms with Gasteiger partial charge < -0.3 is 19.3 Å². The maximum absolute atomic E-state index is 15.1. The Labute approximate surface area is 311 Å². The van der Waals surface area contributed by atoms with Crippen LogP contribution in [0, 0.1) is 25.5 Å². The van der Waals surface area contributed by atoms with Gasteiger partial charge in [0.1, 0.15) is 0 Å². The Morgan fingerprint density at radius 3 is 1.11 bits per heavy atom. The minimum atomic E-state index is -0.739. The zero-order chi connectivity index (χ0) is 37.9. The van der Waals surface area contributed by atoms with Crippen LogP contribution in [0.25, 0.3) is 21.5 Å². The number of carbonyl (C=O) groups is 2. The van der Waals surface area contributed by atoms with Gasteiger partial charge in [0.15, 0.2) is 23.1 Å². The van der Waals surface area contributed by atoms with Crippen molar-refractivity contribution >= 4 is 67.6 Å². The van der Waals surface area contributed by atoms with Gasteiger partial charge in [0, 0.05) is 46.3 Å². The van der Waals surface area contributed by atoms with E-state index in [0.29, 0.717) is 21.5 Å². The maximum atomic E-state index is 15.1. The molecule has 0 amide bonds. The first-order chi connectivity index (χ1) is 26.1. The zero-order valence-electron chi connectivity index (χ0n) is 29.6. The standard InChI is InChI=1S/C46H34F2N2O4/c1-5-45(51)53-43-27-31-11-17-39(23-33(31)25-41(43)47)49(35-13-7-29(3)8-14-35)37-19-21-38(22-20-37)50(36-15-9-30(4)10-16-36)40-18-12-32-28-44(54-46(52)6-2)42(48)26-34(32)24-40/h5-28H,1-2H2,3-4H3. The summed E-state index contributed by atoms with van der Waals surface area (Å²) in [6.45, 7) is 10.8. The first-order valence-corrected chi connectivity index (χ1v) is 17.1. The van der Waals surface area contributed by atoms with E-state index in [-0.39, 0.29) is 11.5 Å². The highest BCUT2D eigenvalue weighted by Gasteiger charge is 2.19. The third-order valence-corrected chi connectivity index (χ3v) is 8.97. The molecule has 0 aliphatic carbocycles. The second kappa shape index (κ2) is 14.9. The van der Waals surface area contributed by atoms with Crippen LogP contribution in [0.1, 0.15) is 11.1 Å². The molecule has 0 saturated heterocycles. The van der Waals surface area contributed by atoms with Gasteiger partial charge in [0.05, 0.1) is 0 Å². The number of anilines is 6. The second-order valence-corrected chi connectivity index (χ2v) is 12.7. The first-order valence-electron chi connectivity index (χ1n) is 17.1. The average molecular weight is 717 g/mol. The molecule has 7 aromatic carbocycles. The number of hydrogen-bond acceptors (Lipinski definition) is 6. The summed E-state index contributed by atoms with van der Waals surface area (Å²) in [7, 11) is 0. The molecule has 0 aromatic heterocycles. The van der Waals surface area contributed by atoms with Crippen LogP contribution in [0.4, 0.5) is 42.9 Å². The van der Waals surface area contributed by atoms with Crippen molar-refractivity contribution in [1.82, 2.24) is 0 Å². The smallest absolute Gasteiger partial charge is 0.335 e. The van der Waals surface area contributed by atoms with Gasteiger partial charge >= 0.3 is 11.9 Å². The number of ether oxygens (including phenoxy) is 2. The van der Waals surface area contributed by atoms with Crippen LogP contribution in [-0.4, -0.2) is 11.9 Å². The molecule has 0 radical (unpaired) electrons. The van der Waals surface area contributed by atoms with Crippen LogP contribution in [0.15, 0.2) is 159 Å². The first kappa shape index (κ1) is 35.3. The van der Waals surface area contributed by atoms with E-state index in [2.05, 4.69) is 23.0 Å². The summed E-state index contributed by atoms with van der Waals surface area (Å²) in [4.78, 5) is 27.7. The van der Waals surface area contributed by atoms with Gasteiger partial charge in [-0.3, -0.25) is 0 Å². The predicted molar refractivity (Wildman–Crippen MR) is 212 cm³/mol. The Morgan fingerprint density at radius 1 is 0.463 bits per heavy atom. The van der Waals surface area contributed by atoms with Crippen molar-refractivity contribution in [3.8, 4) is 11.5 Å². The molecular formula is C46H34F2N2O4. The van der Waals surface area contributed by atoms with Crippen LogP contribution < -0.4 is 19.3 Å². The molecule has 8 heteroatoms. The summed E-state index contributed by atoms with van der Waals surface area (Å²) < 4.78 is 40.3. The highest BCUT2D eigenvalue weighted by molar-refractivity contribution is 5.93. The largest absolute Gasteiger partial charge is 0.420 e. The highest BCUT2D eigenvalue weighted by Crippen LogP contribution is 2.41. The quantitative estimate of drug-likeness (QED) is 0.0798. The Bertz CT molecular complexity index is 2390. The van der Waals surface area contributed by atoms with Gasteiger partial charge in [-0.05, 0) is 132 Å².